The first-order valence-electron chi connectivity index (χ1n) is 2.98. The Labute approximate surface area is 60.2 Å². The Bertz CT molecular complexity index is 153. The van der Waals surface area contributed by atoms with Crippen LogP contribution < -0.4 is 0 Å². The lowest BCUT2D eigenvalue weighted by Crippen LogP contribution is -1.80. The minimum absolute atomic E-state index is 0.0894. The quantitative estimate of drug-likeness (QED) is 0.570. The predicted octanol–water partition coefficient (Wildman–Crippen LogP) is 3.20. The van der Waals surface area contributed by atoms with E-state index >= 15 is 0 Å². The molecule has 0 atom stereocenters. The van der Waals surface area contributed by atoms with Gasteiger partial charge in [0, 0.05) is 0 Å². The lowest BCUT2D eigenvalue weighted by molar-refractivity contribution is 0.408. The Morgan fingerprint density at radius 1 is 1.40 bits per heavy atom. The maximum atomic E-state index is 11.7. The van der Waals surface area contributed by atoms with Crippen LogP contribution in [0.15, 0.2) is 23.8 Å². The average molecular weight is 144 g/mol. The molecular weight excluding hydrogens is 134 g/mol. The fraction of sp³-hybridized carbons (Fsp3) is 0.375. The second-order valence-corrected chi connectivity index (χ2v) is 2.20. The van der Waals surface area contributed by atoms with E-state index in [1.165, 1.54) is 6.92 Å². The first-order chi connectivity index (χ1) is 4.54. The molecule has 0 rings (SSSR count). The highest BCUT2D eigenvalue weighted by Gasteiger charge is 1.98. The molecule has 0 saturated carbocycles. The van der Waals surface area contributed by atoms with E-state index in [0.29, 0.717) is 18.4 Å². The minimum Gasteiger partial charge on any atom is -0.173 e. The molecule has 0 fully saturated rings. The minimum atomic E-state index is -1.61. The molecule has 0 aliphatic rings. The summed E-state index contributed by atoms with van der Waals surface area (Å²) < 4.78 is 23.4. The van der Waals surface area contributed by atoms with Crippen LogP contribution in [0.2, 0.25) is 0 Å². The molecule has 0 bridgehead atoms. The van der Waals surface area contributed by atoms with Gasteiger partial charge in [0.2, 0.25) is 0 Å². The van der Waals surface area contributed by atoms with E-state index in [0.717, 1.165) is 0 Å². The van der Waals surface area contributed by atoms with Gasteiger partial charge in [0.25, 0.3) is 6.08 Å². The molecule has 2 heteroatoms. The maximum absolute atomic E-state index is 11.7. The Balaban J connectivity index is 3.71. The molecule has 0 spiro atoms. The van der Waals surface area contributed by atoms with E-state index in [2.05, 4.69) is 6.58 Å². The Morgan fingerprint density at radius 2 is 1.90 bits per heavy atom. The highest BCUT2D eigenvalue weighted by atomic mass is 19.3. The molecule has 56 valence electrons. The van der Waals surface area contributed by atoms with E-state index in [1.807, 2.05) is 0 Å². The maximum Gasteiger partial charge on any atom is 0.269 e. The van der Waals surface area contributed by atoms with Crippen molar-refractivity contribution >= 4 is 0 Å². The third kappa shape index (κ3) is 4.24. The van der Waals surface area contributed by atoms with Crippen LogP contribution in [0.3, 0.4) is 0 Å². The van der Waals surface area contributed by atoms with E-state index in [1.54, 1.807) is 0 Å². The SMILES string of the molecule is [CH]C(=C)CCC(C)=C(F)F. The Kier molecular flexibility index (Phi) is 3.93. The summed E-state index contributed by atoms with van der Waals surface area (Å²) in [4.78, 5) is 0. The van der Waals surface area contributed by atoms with Crippen LogP contribution in [0.4, 0.5) is 8.78 Å². The van der Waals surface area contributed by atoms with Crippen molar-refractivity contribution in [2.45, 2.75) is 19.8 Å². The summed E-state index contributed by atoms with van der Waals surface area (Å²) in [6.07, 6.45) is -0.873. The normalized spacial score (nSPS) is 9.20. The third-order valence-corrected chi connectivity index (χ3v) is 1.14. The zero-order valence-electron chi connectivity index (χ0n) is 5.95. The molecule has 0 unspecified atom stereocenters. The lowest BCUT2D eigenvalue weighted by atomic mass is 10.1. The van der Waals surface area contributed by atoms with Gasteiger partial charge in [-0.05, 0) is 32.3 Å². The highest BCUT2D eigenvalue weighted by molar-refractivity contribution is 5.05. The van der Waals surface area contributed by atoms with Gasteiger partial charge in [0.1, 0.15) is 0 Å². The first kappa shape index (κ1) is 9.34. The van der Waals surface area contributed by atoms with Crippen molar-refractivity contribution < 1.29 is 8.78 Å². The zero-order chi connectivity index (χ0) is 8.15. The van der Waals surface area contributed by atoms with Gasteiger partial charge in [-0.2, -0.15) is 8.78 Å². The van der Waals surface area contributed by atoms with Crippen LogP contribution in [0.5, 0.6) is 0 Å². The average Bonchev–Trinajstić information content (AvgIpc) is 1.82. The summed E-state index contributed by atoms with van der Waals surface area (Å²) in [7, 11) is 0. The summed E-state index contributed by atoms with van der Waals surface area (Å²) in [6, 6.07) is 0. The van der Waals surface area contributed by atoms with E-state index in [4.69, 9.17) is 6.92 Å². The van der Waals surface area contributed by atoms with Crippen LogP contribution in [-0.4, -0.2) is 0 Å². The van der Waals surface area contributed by atoms with Gasteiger partial charge in [0.05, 0.1) is 0 Å². The number of halogens is 2. The van der Waals surface area contributed by atoms with Crippen LogP contribution in [0.25, 0.3) is 0 Å². The van der Waals surface area contributed by atoms with Crippen molar-refractivity contribution in [3.05, 3.63) is 30.7 Å². The van der Waals surface area contributed by atoms with Crippen LogP contribution in [0, 0.1) is 6.92 Å². The van der Waals surface area contributed by atoms with Gasteiger partial charge in [-0.1, -0.05) is 12.2 Å². The van der Waals surface area contributed by atoms with Crippen LogP contribution in [0.1, 0.15) is 19.8 Å². The molecule has 0 aromatic heterocycles. The van der Waals surface area contributed by atoms with Crippen molar-refractivity contribution in [2.75, 3.05) is 0 Å². The van der Waals surface area contributed by atoms with Crippen molar-refractivity contribution in [1.82, 2.24) is 0 Å². The van der Waals surface area contributed by atoms with Crippen molar-refractivity contribution in [1.29, 1.82) is 0 Å². The standard InChI is InChI=1S/C8H10F2/c1-6(2)4-5-7(3)8(9)10/h1H,2,4-5H2,3H3. The predicted molar refractivity (Wildman–Crippen MR) is 37.6 cm³/mol. The summed E-state index contributed by atoms with van der Waals surface area (Å²) in [6.45, 7) is 9.96. The Morgan fingerprint density at radius 3 is 2.20 bits per heavy atom. The molecule has 0 amide bonds. The first-order valence-corrected chi connectivity index (χ1v) is 2.98. The van der Waals surface area contributed by atoms with Gasteiger partial charge in [-0.25, -0.2) is 0 Å². The summed E-state index contributed by atoms with van der Waals surface area (Å²) in [5, 5.41) is 0. The molecule has 2 radical (unpaired) electrons. The second kappa shape index (κ2) is 4.20. The smallest absolute Gasteiger partial charge is 0.173 e. The van der Waals surface area contributed by atoms with Crippen LogP contribution >= 0.6 is 0 Å². The zero-order valence-corrected chi connectivity index (χ0v) is 5.95. The van der Waals surface area contributed by atoms with E-state index in [9.17, 15) is 8.78 Å². The molecule has 0 aromatic carbocycles. The molecular formula is C8H10F2. The van der Waals surface area contributed by atoms with Gasteiger partial charge >= 0.3 is 0 Å². The molecule has 10 heavy (non-hydrogen) atoms. The Hall–Kier alpha value is -0.660. The van der Waals surface area contributed by atoms with E-state index < -0.39 is 6.08 Å². The van der Waals surface area contributed by atoms with Crippen molar-refractivity contribution in [3.63, 3.8) is 0 Å². The van der Waals surface area contributed by atoms with Gasteiger partial charge in [-0.15, -0.1) is 0 Å². The number of hydrogen-bond acceptors (Lipinski definition) is 0. The fourth-order valence-corrected chi connectivity index (χ4v) is 0.443. The molecule has 0 nitrogen and oxygen atoms in total. The fourth-order valence-electron chi connectivity index (χ4n) is 0.443. The molecule has 0 aromatic rings. The molecule has 0 heterocycles. The molecule has 0 N–H and O–H groups in total. The summed E-state index contributed by atoms with van der Waals surface area (Å²) in [5.74, 6) is 0. The second-order valence-electron chi connectivity index (χ2n) is 2.20. The summed E-state index contributed by atoms with van der Waals surface area (Å²) >= 11 is 0. The number of hydrogen-bond donors (Lipinski definition) is 0. The number of rotatable bonds is 3. The largest absolute Gasteiger partial charge is 0.269 e. The summed E-state index contributed by atoms with van der Waals surface area (Å²) in [5.41, 5.74) is 0.534. The molecule has 0 saturated heterocycles. The van der Waals surface area contributed by atoms with Gasteiger partial charge in [0.15, 0.2) is 0 Å². The van der Waals surface area contributed by atoms with Crippen LogP contribution in [-0.2, 0) is 0 Å². The lowest BCUT2D eigenvalue weighted by Gasteiger charge is -1.97. The third-order valence-electron chi connectivity index (χ3n) is 1.14. The van der Waals surface area contributed by atoms with Crippen molar-refractivity contribution in [2.24, 2.45) is 0 Å². The van der Waals surface area contributed by atoms with E-state index in [-0.39, 0.29) is 5.57 Å². The monoisotopic (exact) mass is 144 g/mol. The van der Waals surface area contributed by atoms with Crippen molar-refractivity contribution in [3.8, 4) is 0 Å². The topological polar surface area (TPSA) is 0 Å². The molecule has 0 aliphatic heterocycles. The van der Waals surface area contributed by atoms with Gasteiger partial charge in [-0.3, -0.25) is 0 Å². The number of allylic oxidation sites excluding steroid dienone is 2. The molecule has 0 aliphatic carbocycles. The van der Waals surface area contributed by atoms with Gasteiger partial charge < -0.3 is 0 Å². The highest BCUT2D eigenvalue weighted by Crippen LogP contribution is 2.14.